The smallest absolute Gasteiger partial charge is 0.288 e. The molecule has 9 nitrogen and oxygen atoms in total. The summed E-state index contributed by atoms with van der Waals surface area (Å²) in [7, 11) is -3.81. The third kappa shape index (κ3) is 4.65. The molecule has 3 rings (SSSR count). The van der Waals surface area contributed by atoms with Crippen LogP contribution >= 0.6 is 0 Å². The number of para-hydroxylation sites is 1. The van der Waals surface area contributed by atoms with E-state index in [-0.39, 0.29) is 24.4 Å². The molecule has 30 heavy (non-hydrogen) atoms. The van der Waals surface area contributed by atoms with Crippen molar-refractivity contribution in [2.45, 2.75) is 24.2 Å². The highest BCUT2D eigenvalue weighted by Gasteiger charge is 2.25. The molecule has 2 aromatic carbocycles. The number of anilines is 1. The second-order valence-electron chi connectivity index (χ2n) is 7.00. The lowest BCUT2D eigenvalue weighted by atomic mass is 10.0. The third-order valence-corrected chi connectivity index (χ3v) is 6.00. The van der Waals surface area contributed by atoms with Crippen LogP contribution in [0.4, 0.5) is 11.4 Å². The Labute approximate surface area is 173 Å². The second-order valence-corrected chi connectivity index (χ2v) is 8.98. The Morgan fingerprint density at radius 3 is 2.63 bits per heavy atom. The summed E-state index contributed by atoms with van der Waals surface area (Å²) in [4.78, 5) is 36.5. The normalized spacial score (nSPS) is 13.4. The van der Waals surface area contributed by atoms with E-state index in [1.165, 1.54) is 6.07 Å². The molecule has 1 heterocycles. The molecule has 0 fully saturated rings. The number of hydrogen-bond acceptors (Lipinski definition) is 6. The fraction of sp³-hybridized carbons (Fsp3) is 0.300. The Morgan fingerprint density at radius 2 is 1.93 bits per heavy atom. The van der Waals surface area contributed by atoms with Gasteiger partial charge in [-0.25, -0.2) is 8.42 Å². The Morgan fingerprint density at radius 1 is 1.20 bits per heavy atom. The molecule has 1 aliphatic rings. The third-order valence-electron chi connectivity index (χ3n) is 4.85. The second kappa shape index (κ2) is 8.62. The number of carbonyl (C=O) groups excluding carboxylic acids is 2. The van der Waals surface area contributed by atoms with E-state index in [1.807, 2.05) is 24.3 Å². The van der Waals surface area contributed by atoms with Gasteiger partial charge in [-0.2, -0.15) is 0 Å². The van der Waals surface area contributed by atoms with Gasteiger partial charge in [-0.15, -0.1) is 0 Å². The lowest BCUT2D eigenvalue weighted by Crippen LogP contribution is -2.37. The first-order chi connectivity index (χ1) is 14.2. The van der Waals surface area contributed by atoms with E-state index in [2.05, 4.69) is 5.32 Å². The minimum atomic E-state index is -3.81. The van der Waals surface area contributed by atoms with Crippen molar-refractivity contribution in [1.82, 2.24) is 5.32 Å². The summed E-state index contributed by atoms with van der Waals surface area (Å²) in [6.07, 6.45) is 2.72. The minimum Gasteiger partial charge on any atom is -0.352 e. The quantitative estimate of drug-likeness (QED) is 0.551. The average molecular weight is 431 g/mol. The van der Waals surface area contributed by atoms with Gasteiger partial charge in [-0.3, -0.25) is 19.7 Å². The topological polar surface area (TPSA) is 127 Å². The monoisotopic (exact) mass is 431 g/mol. The highest BCUT2D eigenvalue weighted by atomic mass is 32.2. The lowest BCUT2D eigenvalue weighted by Gasteiger charge is -2.29. The van der Waals surface area contributed by atoms with Crippen molar-refractivity contribution in [2.24, 2.45) is 0 Å². The molecule has 2 amide bonds. The molecule has 1 N–H and O–H groups in total. The highest BCUT2D eigenvalue weighted by Crippen LogP contribution is 2.27. The maximum Gasteiger partial charge on any atom is 0.288 e. The van der Waals surface area contributed by atoms with E-state index in [4.69, 9.17) is 0 Å². The molecule has 0 saturated carbocycles. The van der Waals surface area contributed by atoms with Crippen LogP contribution in [0.3, 0.4) is 0 Å². The molecule has 10 heteroatoms. The molecule has 0 radical (unpaired) electrons. The number of rotatable bonds is 6. The SMILES string of the molecule is CS(=O)(=O)c1ccc(C(=O)NCCC(=O)N2CCCc3ccccc32)cc1[N+](=O)[O-]. The summed E-state index contributed by atoms with van der Waals surface area (Å²) in [6.45, 7) is 0.668. The highest BCUT2D eigenvalue weighted by molar-refractivity contribution is 7.90. The maximum atomic E-state index is 12.6. The molecular formula is C20H21N3O6S. The number of nitrogens with zero attached hydrogens (tertiary/aromatic N) is 2. The molecular weight excluding hydrogens is 410 g/mol. The van der Waals surface area contributed by atoms with E-state index >= 15 is 0 Å². The summed E-state index contributed by atoms with van der Waals surface area (Å²) >= 11 is 0. The van der Waals surface area contributed by atoms with Gasteiger partial charge in [-0.1, -0.05) is 18.2 Å². The van der Waals surface area contributed by atoms with E-state index in [0.29, 0.717) is 6.54 Å². The predicted molar refractivity (Wildman–Crippen MR) is 110 cm³/mol. The number of nitro groups is 1. The van der Waals surface area contributed by atoms with Crippen LogP contribution in [0, 0.1) is 10.1 Å². The van der Waals surface area contributed by atoms with E-state index in [9.17, 15) is 28.1 Å². The zero-order valence-corrected chi connectivity index (χ0v) is 17.1. The summed E-state index contributed by atoms with van der Waals surface area (Å²) in [5, 5.41) is 13.7. The molecule has 0 aromatic heterocycles. The van der Waals surface area contributed by atoms with Crippen molar-refractivity contribution in [3.63, 3.8) is 0 Å². The zero-order chi connectivity index (χ0) is 21.9. The first kappa shape index (κ1) is 21.4. The molecule has 2 aromatic rings. The van der Waals surface area contributed by atoms with Crippen molar-refractivity contribution in [1.29, 1.82) is 0 Å². The number of benzene rings is 2. The fourth-order valence-corrected chi connectivity index (χ4v) is 4.26. The average Bonchev–Trinajstić information content (AvgIpc) is 2.72. The number of sulfone groups is 1. The van der Waals surface area contributed by atoms with Gasteiger partial charge in [-0.05, 0) is 36.6 Å². The summed E-state index contributed by atoms with van der Waals surface area (Å²) in [5.41, 5.74) is 1.28. The number of hydrogen-bond donors (Lipinski definition) is 1. The van der Waals surface area contributed by atoms with E-state index < -0.39 is 31.3 Å². The summed E-state index contributed by atoms with van der Waals surface area (Å²) in [6, 6.07) is 10.9. The summed E-state index contributed by atoms with van der Waals surface area (Å²) < 4.78 is 23.4. The van der Waals surface area contributed by atoms with Crippen molar-refractivity contribution in [3.8, 4) is 0 Å². The number of nitro benzene ring substituents is 1. The molecule has 0 saturated heterocycles. The Bertz CT molecular complexity index is 1110. The predicted octanol–water partition coefficient (Wildman–Crippen LogP) is 2.10. The van der Waals surface area contributed by atoms with E-state index in [1.54, 1.807) is 4.90 Å². The minimum absolute atomic E-state index is 0.0510. The molecule has 0 aliphatic carbocycles. The zero-order valence-electron chi connectivity index (χ0n) is 16.3. The van der Waals surface area contributed by atoms with Gasteiger partial charge in [0.15, 0.2) is 9.84 Å². The number of amides is 2. The van der Waals surface area contributed by atoms with E-state index in [0.717, 1.165) is 42.5 Å². The Hall–Kier alpha value is -3.27. The molecule has 0 unspecified atom stereocenters. The fourth-order valence-electron chi connectivity index (χ4n) is 3.43. The van der Waals surface area contributed by atoms with Crippen LogP contribution in [0.15, 0.2) is 47.4 Å². The Balaban J connectivity index is 1.65. The molecule has 0 spiro atoms. The van der Waals surface area contributed by atoms with Crippen LogP contribution in [-0.2, 0) is 21.1 Å². The van der Waals surface area contributed by atoms with Gasteiger partial charge in [0.25, 0.3) is 11.6 Å². The summed E-state index contributed by atoms with van der Waals surface area (Å²) in [5.74, 6) is -0.745. The van der Waals surface area contributed by atoms with Crippen molar-refractivity contribution >= 4 is 33.0 Å². The van der Waals surface area contributed by atoms with Gasteiger partial charge < -0.3 is 10.2 Å². The molecule has 1 aliphatic heterocycles. The molecule has 0 bridgehead atoms. The van der Waals surface area contributed by atoms with Crippen LogP contribution in [0.1, 0.15) is 28.8 Å². The van der Waals surface area contributed by atoms with Crippen LogP contribution in [-0.4, -0.2) is 44.5 Å². The van der Waals surface area contributed by atoms with Crippen molar-refractivity contribution < 1.29 is 22.9 Å². The van der Waals surface area contributed by atoms with Gasteiger partial charge in [0, 0.05) is 43.1 Å². The van der Waals surface area contributed by atoms with Crippen LogP contribution in [0.25, 0.3) is 0 Å². The number of fused-ring (bicyclic) bond motifs is 1. The number of carbonyl (C=O) groups is 2. The molecule has 0 atom stereocenters. The largest absolute Gasteiger partial charge is 0.352 e. The molecule has 158 valence electrons. The first-order valence-corrected chi connectivity index (χ1v) is 11.2. The van der Waals surface area contributed by atoms with Gasteiger partial charge in [0.1, 0.15) is 4.90 Å². The van der Waals surface area contributed by atoms with Crippen molar-refractivity contribution in [3.05, 3.63) is 63.7 Å². The van der Waals surface area contributed by atoms with Gasteiger partial charge in [0.2, 0.25) is 5.91 Å². The van der Waals surface area contributed by atoms with Gasteiger partial charge >= 0.3 is 0 Å². The van der Waals surface area contributed by atoms with Crippen LogP contribution in [0.2, 0.25) is 0 Å². The first-order valence-electron chi connectivity index (χ1n) is 9.33. The van der Waals surface area contributed by atoms with Crippen LogP contribution in [0.5, 0.6) is 0 Å². The van der Waals surface area contributed by atoms with Crippen LogP contribution < -0.4 is 10.2 Å². The van der Waals surface area contributed by atoms with Crippen molar-refractivity contribution in [2.75, 3.05) is 24.2 Å². The van der Waals surface area contributed by atoms with Gasteiger partial charge in [0.05, 0.1) is 4.92 Å². The lowest BCUT2D eigenvalue weighted by molar-refractivity contribution is -0.387. The maximum absolute atomic E-state index is 12.6. The number of aryl methyl sites for hydroxylation is 1. The Kier molecular flexibility index (Phi) is 6.16. The standard InChI is InChI=1S/C20H21N3O6S/c1-30(28,29)18-9-8-15(13-17(18)23(26)27)20(25)21-11-10-19(24)22-12-4-6-14-5-2-3-7-16(14)22/h2-3,5,7-9,13H,4,6,10-12H2,1H3,(H,21,25). The number of nitrogens with one attached hydrogen (secondary N) is 1.